The van der Waals surface area contributed by atoms with Crippen LogP contribution in [0.15, 0.2) is 36.4 Å². The van der Waals surface area contributed by atoms with Crippen LogP contribution in [0.2, 0.25) is 5.15 Å². The molecule has 0 aliphatic carbocycles. The third-order valence-electron chi connectivity index (χ3n) is 2.27. The topological polar surface area (TPSA) is 53.8 Å². The van der Waals surface area contributed by atoms with Crippen molar-refractivity contribution in [3.05, 3.63) is 52.7 Å². The van der Waals surface area contributed by atoms with Crippen LogP contribution in [-0.2, 0) is 4.79 Å². The Kier molecular flexibility index (Phi) is 3.17. The molecule has 0 bridgehead atoms. The predicted molar refractivity (Wildman–Crippen MR) is 64.2 cm³/mol. The van der Waals surface area contributed by atoms with Crippen LogP contribution in [0.3, 0.4) is 0 Å². The number of halogens is 1. The molecule has 81 valence electrons. The molecule has 0 saturated carbocycles. The monoisotopic (exact) mass is 241 g/mol. The first-order valence-corrected chi connectivity index (χ1v) is 5.18. The fraction of sp³-hybridized carbons (Fsp3) is 0. The molecule has 0 spiro atoms. The molecule has 3 nitrogen and oxygen atoms in total. The normalized spacial score (nSPS) is 9.65. The molecule has 2 rings (SSSR count). The number of hydrogen-bond acceptors (Lipinski definition) is 3. The van der Waals surface area contributed by atoms with Gasteiger partial charge in [-0.3, -0.25) is 4.79 Å². The van der Waals surface area contributed by atoms with Crippen LogP contribution in [0.25, 0.3) is 11.3 Å². The van der Waals surface area contributed by atoms with Crippen molar-refractivity contribution in [1.29, 1.82) is 5.26 Å². The van der Waals surface area contributed by atoms with E-state index in [9.17, 15) is 4.79 Å². The van der Waals surface area contributed by atoms with E-state index in [1.165, 1.54) is 0 Å². The first-order valence-electron chi connectivity index (χ1n) is 4.80. The molecule has 1 aromatic carbocycles. The van der Waals surface area contributed by atoms with Crippen LogP contribution < -0.4 is 0 Å². The first-order chi connectivity index (χ1) is 8.26. The van der Waals surface area contributed by atoms with Crippen molar-refractivity contribution in [3.8, 4) is 17.3 Å². The minimum absolute atomic E-state index is 0.304. The molecule has 0 fully saturated rings. The average molecular weight is 242 g/mol. The van der Waals surface area contributed by atoms with Gasteiger partial charge in [-0.05, 0) is 18.2 Å². The minimum Gasteiger partial charge on any atom is -0.285 e. The molecule has 0 amide bonds. The summed E-state index contributed by atoms with van der Waals surface area (Å²) in [5, 5.41) is 9.34. The lowest BCUT2D eigenvalue weighted by molar-refractivity contribution is 0.563. The number of nitriles is 1. The van der Waals surface area contributed by atoms with Crippen molar-refractivity contribution < 1.29 is 4.79 Å². The molecule has 0 saturated heterocycles. The van der Waals surface area contributed by atoms with Crippen molar-refractivity contribution in [2.75, 3.05) is 0 Å². The predicted octanol–water partition coefficient (Wildman–Crippen LogP) is 2.73. The molecule has 1 aromatic heterocycles. The number of aromatic nitrogens is 1. The number of benzene rings is 1. The van der Waals surface area contributed by atoms with Gasteiger partial charge in [-0.1, -0.05) is 29.8 Å². The van der Waals surface area contributed by atoms with Crippen molar-refractivity contribution in [3.63, 3.8) is 0 Å². The third-order valence-corrected chi connectivity index (χ3v) is 2.48. The van der Waals surface area contributed by atoms with Gasteiger partial charge in [-0.25, -0.2) is 4.98 Å². The Balaban J connectivity index is 2.74. The van der Waals surface area contributed by atoms with Crippen molar-refractivity contribution in [1.82, 2.24) is 4.98 Å². The smallest absolute Gasteiger partial charge is 0.234 e. The van der Waals surface area contributed by atoms with Gasteiger partial charge in [0.05, 0.1) is 17.3 Å². The van der Waals surface area contributed by atoms with Gasteiger partial charge in [0.2, 0.25) is 6.29 Å². The van der Waals surface area contributed by atoms with Gasteiger partial charge in [0.15, 0.2) is 0 Å². The summed E-state index contributed by atoms with van der Waals surface area (Å²) in [5.41, 5.74) is 1.64. The van der Waals surface area contributed by atoms with Gasteiger partial charge >= 0.3 is 0 Å². The largest absolute Gasteiger partial charge is 0.285 e. The Hall–Kier alpha value is -2.18. The summed E-state index contributed by atoms with van der Waals surface area (Å²) < 4.78 is 0. The van der Waals surface area contributed by atoms with E-state index < -0.39 is 0 Å². The molecule has 0 aliphatic rings. The Morgan fingerprint density at radius 2 is 1.82 bits per heavy atom. The highest BCUT2D eigenvalue weighted by Crippen LogP contribution is 2.25. The van der Waals surface area contributed by atoms with Gasteiger partial charge in [0, 0.05) is 11.1 Å². The zero-order chi connectivity index (χ0) is 12.3. The molecule has 1 heterocycles. The second-order valence-electron chi connectivity index (χ2n) is 3.29. The van der Waals surface area contributed by atoms with E-state index in [2.05, 4.69) is 4.98 Å². The highest BCUT2D eigenvalue weighted by atomic mass is 35.5. The zero-order valence-electron chi connectivity index (χ0n) is 8.64. The number of rotatable bonds is 2. The number of pyridine rings is 1. The Morgan fingerprint density at radius 3 is 2.47 bits per heavy atom. The summed E-state index contributed by atoms with van der Waals surface area (Å²) in [6.07, 6.45) is 1.80. The maximum absolute atomic E-state index is 10.9. The van der Waals surface area contributed by atoms with Crippen LogP contribution in [0, 0.1) is 11.3 Å². The summed E-state index contributed by atoms with van der Waals surface area (Å²) in [5.74, 6) is 0. The maximum Gasteiger partial charge on any atom is 0.234 e. The summed E-state index contributed by atoms with van der Waals surface area (Å²) in [7, 11) is 0. The van der Waals surface area contributed by atoms with Gasteiger partial charge in [0.1, 0.15) is 5.15 Å². The van der Waals surface area contributed by atoms with Gasteiger partial charge < -0.3 is 0 Å². The minimum atomic E-state index is 0.304. The average Bonchev–Trinajstić information content (AvgIpc) is 2.37. The molecule has 4 heteroatoms. The first kappa shape index (κ1) is 11.3. The second kappa shape index (κ2) is 4.77. The van der Waals surface area contributed by atoms with E-state index >= 15 is 0 Å². The lowest BCUT2D eigenvalue weighted by atomic mass is 9.99. The molecular formula is C13H6ClN2O. The van der Waals surface area contributed by atoms with E-state index in [0.29, 0.717) is 27.5 Å². The van der Waals surface area contributed by atoms with E-state index in [0.717, 1.165) is 0 Å². The highest BCUT2D eigenvalue weighted by Gasteiger charge is 2.12. The molecule has 0 N–H and O–H groups in total. The van der Waals surface area contributed by atoms with Crippen molar-refractivity contribution in [2.24, 2.45) is 0 Å². The molecule has 2 aromatic rings. The standard InChI is InChI=1S/C13H6ClN2O/c14-12-6-2-5-11(16-12)13-9(7-15)3-1-4-10(13)8-17/h1-6H. The van der Waals surface area contributed by atoms with E-state index in [1.807, 2.05) is 6.07 Å². The molecule has 17 heavy (non-hydrogen) atoms. The van der Waals surface area contributed by atoms with Crippen LogP contribution in [0.1, 0.15) is 11.1 Å². The summed E-state index contributed by atoms with van der Waals surface area (Å²) in [6, 6.07) is 11.9. The van der Waals surface area contributed by atoms with E-state index in [-0.39, 0.29) is 0 Å². The second-order valence-corrected chi connectivity index (χ2v) is 3.67. The fourth-order valence-electron chi connectivity index (χ4n) is 1.55. The van der Waals surface area contributed by atoms with Crippen molar-refractivity contribution in [2.45, 2.75) is 0 Å². The molecule has 0 atom stereocenters. The Labute approximate surface area is 103 Å². The van der Waals surface area contributed by atoms with Crippen LogP contribution in [0.5, 0.6) is 0 Å². The van der Waals surface area contributed by atoms with E-state index in [4.69, 9.17) is 16.9 Å². The number of carbonyl (C=O) groups excluding carboxylic acids is 1. The lowest BCUT2D eigenvalue weighted by Gasteiger charge is -2.06. The summed E-state index contributed by atoms with van der Waals surface area (Å²) in [4.78, 5) is 15.0. The Morgan fingerprint density at radius 1 is 1.12 bits per heavy atom. The van der Waals surface area contributed by atoms with Crippen LogP contribution >= 0.6 is 11.6 Å². The van der Waals surface area contributed by atoms with Gasteiger partial charge in [0.25, 0.3) is 0 Å². The van der Waals surface area contributed by atoms with Crippen LogP contribution in [-0.4, -0.2) is 11.3 Å². The molecule has 1 radical (unpaired) electrons. The van der Waals surface area contributed by atoms with E-state index in [1.54, 1.807) is 42.7 Å². The van der Waals surface area contributed by atoms with Crippen molar-refractivity contribution >= 4 is 17.9 Å². The van der Waals surface area contributed by atoms with Gasteiger partial charge in [-0.15, -0.1) is 0 Å². The third kappa shape index (κ3) is 2.17. The number of hydrogen-bond donors (Lipinski definition) is 0. The zero-order valence-corrected chi connectivity index (χ0v) is 9.40. The van der Waals surface area contributed by atoms with Crippen LogP contribution in [0.4, 0.5) is 0 Å². The molecule has 0 aliphatic heterocycles. The fourth-order valence-corrected chi connectivity index (χ4v) is 1.72. The maximum atomic E-state index is 10.9. The Bertz CT molecular complexity index is 617. The molecular weight excluding hydrogens is 236 g/mol. The quantitative estimate of drug-likeness (QED) is 0.760. The lowest BCUT2D eigenvalue weighted by Crippen LogP contribution is -1.94. The highest BCUT2D eigenvalue weighted by molar-refractivity contribution is 6.29. The molecule has 0 unspecified atom stereocenters. The summed E-state index contributed by atoms with van der Waals surface area (Å²) in [6.45, 7) is 0. The van der Waals surface area contributed by atoms with Gasteiger partial charge in [-0.2, -0.15) is 5.26 Å². The number of nitrogens with zero attached hydrogens (tertiary/aromatic N) is 2. The summed E-state index contributed by atoms with van der Waals surface area (Å²) >= 11 is 5.79. The SMILES string of the molecule is N#Cc1cccc([C]=O)c1-c1cccc(Cl)n1.